The molecule has 0 aliphatic rings. The first kappa shape index (κ1) is 12.8. The van der Waals surface area contributed by atoms with Gasteiger partial charge in [0.25, 0.3) is 0 Å². The van der Waals surface area contributed by atoms with E-state index in [-0.39, 0.29) is 11.4 Å². The van der Waals surface area contributed by atoms with Crippen LogP contribution in [0.5, 0.6) is 0 Å². The number of methoxy groups -OCH3 is 1. The van der Waals surface area contributed by atoms with Gasteiger partial charge in [0.1, 0.15) is 17.9 Å². The normalized spacial score (nSPS) is 11.6. The molecule has 0 saturated heterocycles. The Labute approximate surface area is 96.4 Å². The number of hydrogen-bond donors (Lipinski definition) is 2. The van der Waals surface area contributed by atoms with Gasteiger partial charge in [-0.15, -0.1) is 0 Å². The van der Waals surface area contributed by atoms with Gasteiger partial charge in [0.15, 0.2) is 0 Å². The van der Waals surface area contributed by atoms with Crippen molar-refractivity contribution in [1.29, 1.82) is 0 Å². The van der Waals surface area contributed by atoms with Crippen molar-refractivity contribution in [1.82, 2.24) is 4.98 Å². The lowest BCUT2D eigenvalue weighted by atomic mass is 10.2. The maximum absolute atomic E-state index is 11.2. The maximum atomic E-state index is 11.2. The van der Waals surface area contributed by atoms with Crippen molar-refractivity contribution in [3.63, 3.8) is 0 Å². The van der Waals surface area contributed by atoms with Crippen molar-refractivity contribution in [3.8, 4) is 0 Å². The number of rotatable bonds is 5. The lowest BCUT2D eigenvalue weighted by Crippen LogP contribution is -2.34. The number of pyridine rings is 1. The van der Waals surface area contributed by atoms with Crippen LogP contribution in [0.2, 0.25) is 0 Å². The number of ether oxygens (including phenoxy) is 1. The average Bonchev–Trinajstić information content (AvgIpc) is 2.35. The van der Waals surface area contributed by atoms with Crippen molar-refractivity contribution in [3.05, 3.63) is 28.6 Å². The van der Waals surface area contributed by atoms with E-state index in [1.165, 1.54) is 12.3 Å². The number of nitro groups is 1. The summed E-state index contributed by atoms with van der Waals surface area (Å²) in [6.45, 7) is -0.536. The number of aliphatic hydroxyl groups is 1. The SMILES string of the molecule is COC(=O)C(CO)Nc1ccncc1[N+](=O)[O-]. The molecule has 0 aliphatic carbocycles. The molecule has 0 saturated carbocycles. The molecule has 0 aromatic carbocycles. The monoisotopic (exact) mass is 241 g/mol. The van der Waals surface area contributed by atoms with Crippen LogP contribution in [0, 0.1) is 10.1 Å². The zero-order valence-corrected chi connectivity index (χ0v) is 8.99. The largest absolute Gasteiger partial charge is 0.467 e. The molecule has 1 aromatic heterocycles. The van der Waals surface area contributed by atoms with Crippen LogP contribution in [0.3, 0.4) is 0 Å². The first-order valence-corrected chi connectivity index (χ1v) is 4.63. The van der Waals surface area contributed by atoms with Gasteiger partial charge < -0.3 is 15.2 Å². The Kier molecular flexibility index (Phi) is 4.35. The van der Waals surface area contributed by atoms with Crippen molar-refractivity contribution >= 4 is 17.3 Å². The van der Waals surface area contributed by atoms with Gasteiger partial charge in [-0.2, -0.15) is 0 Å². The fourth-order valence-electron chi connectivity index (χ4n) is 1.16. The predicted molar refractivity (Wildman–Crippen MR) is 57.4 cm³/mol. The van der Waals surface area contributed by atoms with Gasteiger partial charge >= 0.3 is 11.7 Å². The molecule has 0 amide bonds. The summed E-state index contributed by atoms with van der Waals surface area (Å²) in [7, 11) is 1.16. The van der Waals surface area contributed by atoms with Crippen molar-refractivity contribution in [2.75, 3.05) is 19.0 Å². The highest BCUT2D eigenvalue weighted by Crippen LogP contribution is 2.22. The number of nitrogens with one attached hydrogen (secondary N) is 1. The first-order valence-electron chi connectivity index (χ1n) is 4.63. The van der Waals surface area contributed by atoms with E-state index in [0.717, 1.165) is 13.3 Å². The summed E-state index contributed by atoms with van der Waals surface area (Å²) in [5, 5.41) is 22.2. The smallest absolute Gasteiger partial charge is 0.330 e. The van der Waals surface area contributed by atoms with E-state index in [4.69, 9.17) is 5.11 Å². The molecule has 2 N–H and O–H groups in total. The van der Waals surface area contributed by atoms with E-state index in [1.54, 1.807) is 0 Å². The second-order valence-corrected chi connectivity index (χ2v) is 3.05. The van der Waals surface area contributed by atoms with Crippen molar-refractivity contribution in [2.45, 2.75) is 6.04 Å². The molecule has 1 heterocycles. The first-order chi connectivity index (χ1) is 8.10. The van der Waals surface area contributed by atoms with Gasteiger partial charge in [-0.05, 0) is 6.07 Å². The molecule has 0 radical (unpaired) electrons. The summed E-state index contributed by atoms with van der Waals surface area (Å²) in [6.07, 6.45) is 2.38. The van der Waals surface area contributed by atoms with E-state index in [2.05, 4.69) is 15.0 Å². The van der Waals surface area contributed by atoms with Crippen LogP contribution in [-0.2, 0) is 9.53 Å². The number of nitrogens with zero attached hydrogens (tertiary/aromatic N) is 2. The highest BCUT2D eigenvalue weighted by Gasteiger charge is 2.22. The molecule has 1 atom stereocenters. The van der Waals surface area contributed by atoms with Gasteiger partial charge in [0.05, 0.1) is 18.6 Å². The third-order valence-corrected chi connectivity index (χ3v) is 1.99. The summed E-state index contributed by atoms with van der Waals surface area (Å²) in [4.78, 5) is 24.8. The Morgan fingerprint density at radius 1 is 1.76 bits per heavy atom. The highest BCUT2D eigenvalue weighted by atomic mass is 16.6. The standard InChI is InChI=1S/C9H11N3O5/c1-17-9(14)7(5-13)11-6-2-3-10-4-8(6)12(15)16/h2-4,7,13H,5H2,1H3,(H,10,11). The number of carbonyl (C=O) groups is 1. The molecule has 0 bridgehead atoms. The molecule has 1 unspecified atom stereocenters. The van der Waals surface area contributed by atoms with Crippen molar-refractivity contribution < 1.29 is 19.6 Å². The fourth-order valence-corrected chi connectivity index (χ4v) is 1.16. The minimum Gasteiger partial charge on any atom is -0.467 e. The maximum Gasteiger partial charge on any atom is 0.330 e. The number of aromatic nitrogens is 1. The van der Waals surface area contributed by atoms with E-state index in [1.807, 2.05) is 0 Å². The summed E-state index contributed by atoms with van der Waals surface area (Å²) >= 11 is 0. The third-order valence-electron chi connectivity index (χ3n) is 1.99. The summed E-state index contributed by atoms with van der Waals surface area (Å²) in [5.41, 5.74) is -0.190. The molecular formula is C9H11N3O5. The molecule has 0 aliphatic heterocycles. The number of hydrogen-bond acceptors (Lipinski definition) is 7. The Morgan fingerprint density at radius 3 is 3.00 bits per heavy atom. The Bertz CT molecular complexity index is 423. The summed E-state index contributed by atoms with van der Waals surface area (Å²) < 4.78 is 4.43. The van der Waals surface area contributed by atoms with Crippen LogP contribution >= 0.6 is 0 Å². The molecule has 17 heavy (non-hydrogen) atoms. The number of esters is 1. The number of aliphatic hydroxyl groups excluding tert-OH is 1. The second-order valence-electron chi connectivity index (χ2n) is 3.05. The van der Waals surface area contributed by atoms with E-state index >= 15 is 0 Å². The van der Waals surface area contributed by atoms with Crippen LogP contribution in [0.25, 0.3) is 0 Å². The topological polar surface area (TPSA) is 115 Å². The molecule has 0 spiro atoms. The van der Waals surface area contributed by atoms with Gasteiger partial charge in [-0.3, -0.25) is 15.1 Å². The van der Waals surface area contributed by atoms with Crippen LogP contribution in [0.1, 0.15) is 0 Å². The van der Waals surface area contributed by atoms with Crippen LogP contribution in [-0.4, -0.2) is 40.7 Å². The fraction of sp³-hybridized carbons (Fsp3) is 0.333. The molecule has 92 valence electrons. The predicted octanol–water partition coefficient (Wildman–Crippen LogP) is -0.0644. The zero-order chi connectivity index (χ0) is 12.8. The molecule has 0 fully saturated rings. The number of carbonyl (C=O) groups excluding carboxylic acids is 1. The lowest BCUT2D eigenvalue weighted by Gasteiger charge is -2.14. The average molecular weight is 241 g/mol. The minimum atomic E-state index is -1.05. The summed E-state index contributed by atoms with van der Waals surface area (Å²) in [5.74, 6) is -0.710. The van der Waals surface area contributed by atoms with E-state index < -0.39 is 23.5 Å². The number of anilines is 1. The Morgan fingerprint density at radius 2 is 2.47 bits per heavy atom. The van der Waals surface area contributed by atoms with Crippen LogP contribution in [0.15, 0.2) is 18.5 Å². The molecule has 1 rings (SSSR count). The summed E-state index contributed by atoms with van der Waals surface area (Å²) in [6, 6.07) is 0.282. The van der Waals surface area contributed by atoms with E-state index in [0.29, 0.717) is 0 Å². The zero-order valence-electron chi connectivity index (χ0n) is 8.99. The van der Waals surface area contributed by atoms with Crippen LogP contribution < -0.4 is 5.32 Å². The highest BCUT2D eigenvalue weighted by molar-refractivity contribution is 5.80. The van der Waals surface area contributed by atoms with Gasteiger partial charge in [-0.25, -0.2) is 4.79 Å². The van der Waals surface area contributed by atoms with Crippen LogP contribution in [0.4, 0.5) is 11.4 Å². The molecule has 8 heteroatoms. The molecular weight excluding hydrogens is 230 g/mol. The van der Waals surface area contributed by atoms with Gasteiger partial charge in [0, 0.05) is 6.20 Å². The molecule has 8 nitrogen and oxygen atoms in total. The van der Waals surface area contributed by atoms with Gasteiger partial charge in [0.2, 0.25) is 0 Å². The van der Waals surface area contributed by atoms with Crippen molar-refractivity contribution in [2.24, 2.45) is 0 Å². The third kappa shape index (κ3) is 3.11. The quantitative estimate of drug-likeness (QED) is 0.421. The van der Waals surface area contributed by atoms with Gasteiger partial charge in [-0.1, -0.05) is 0 Å². The second kappa shape index (κ2) is 5.75. The minimum absolute atomic E-state index is 0.0921. The van der Waals surface area contributed by atoms with E-state index in [9.17, 15) is 14.9 Å². The molecule has 1 aromatic rings. The Balaban J connectivity index is 2.93. The lowest BCUT2D eigenvalue weighted by molar-refractivity contribution is -0.384. The Hall–Kier alpha value is -2.22.